The molecule has 0 aliphatic heterocycles. The Morgan fingerprint density at radius 3 is 2.23 bits per heavy atom. The summed E-state index contributed by atoms with van der Waals surface area (Å²) >= 11 is 3.65. The fourth-order valence-corrected chi connectivity index (χ4v) is 6.64. The molecule has 0 aromatic heterocycles. The first-order valence-electron chi connectivity index (χ1n) is 3.86. The summed E-state index contributed by atoms with van der Waals surface area (Å²) < 4.78 is 4.63. The predicted octanol–water partition coefficient (Wildman–Crippen LogP) is 3.30. The Labute approximate surface area is 101 Å². The van der Waals surface area contributed by atoms with Gasteiger partial charge in [0.05, 0.1) is 6.61 Å². The number of hydrogen-bond acceptors (Lipinski definition) is 7. The molecule has 13 heavy (non-hydrogen) atoms. The van der Waals surface area contributed by atoms with Crippen molar-refractivity contribution in [3.63, 3.8) is 0 Å². The highest BCUT2D eigenvalue weighted by Gasteiger charge is 1.93. The maximum absolute atomic E-state index is 8.51. The Kier molecular flexibility index (Phi) is 15.4. The van der Waals surface area contributed by atoms with Gasteiger partial charge < -0.3 is 9.29 Å². The molecule has 7 heteroatoms. The Balaban J connectivity index is 2.76. The van der Waals surface area contributed by atoms with Crippen LogP contribution in [0.1, 0.15) is 12.8 Å². The van der Waals surface area contributed by atoms with E-state index >= 15 is 0 Å². The SMILES string of the molecule is OCCCSSSSCCCOS. The van der Waals surface area contributed by atoms with Gasteiger partial charge in [-0.05, 0) is 45.4 Å². The van der Waals surface area contributed by atoms with Crippen molar-refractivity contribution in [1.82, 2.24) is 0 Å². The highest BCUT2D eigenvalue weighted by Crippen LogP contribution is 2.43. The minimum absolute atomic E-state index is 0.296. The van der Waals surface area contributed by atoms with Crippen LogP contribution < -0.4 is 0 Å². The van der Waals surface area contributed by atoms with Crippen molar-refractivity contribution >= 4 is 54.1 Å². The molecule has 0 spiro atoms. The van der Waals surface area contributed by atoms with Crippen LogP contribution in [0.15, 0.2) is 0 Å². The van der Waals surface area contributed by atoms with Gasteiger partial charge in [-0.25, -0.2) is 0 Å². The van der Waals surface area contributed by atoms with E-state index in [0.717, 1.165) is 31.0 Å². The largest absolute Gasteiger partial charge is 0.396 e. The third-order valence-corrected chi connectivity index (χ3v) is 7.79. The van der Waals surface area contributed by atoms with Gasteiger partial charge in [-0.1, -0.05) is 21.6 Å². The van der Waals surface area contributed by atoms with Gasteiger partial charge in [0.15, 0.2) is 0 Å². The molecule has 0 aromatic carbocycles. The fraction of sp³-hybridized carbons (Fsp3) is 1.00. The molecule has 80 valence electrons. The number of rotatable bonds is 10. The lowest BCUT2D eigenvalue weighted by Gasteiger charge is -1.98. The number of hydrogen-bond donors (Lipinski definition) is 2. The summed E-state index contributed by atoms with van der Waals surface area (Å²) in [6, 6.07) is 0. The van der Waals surface area contributed by atoms with E-state index < -0.39 is 0 Å². The molecule has 0 rings (SSSR count). The van der Waals surface area contributed by atoms with Crippen LogP contribution in [0, 0.1) is 0 Å². The van der Waals surface area contributed by atoms with Crippen LogP contribution in [0.3, 0.4) is 0 Å². The Morgan fingerprint density at radius 1 is 1.08 bits per heavy atom. The van der Waals surface area contributed by atoms with Gasteiger partial charge in [0.1, 0.15) is 0 Å². The van der Waals surface area contributed by atoms with E-state index in [-0.39, 0.29) is 0 Å². The van der Waals surface area contributed by atoms with Gasteiger partial charge in [0, 0.05) is 18.1 Å². The lowest BCUT2D eigenvalue weighted by atomic mass is 10.5. The summed E-state index contributed by atoms with van der Waals surface area (Å²) in [5, 5.41) is 8.51. The third-order valence-electron chi connectivity index (χ3n) is 0.973. The average molecular weight is 279 g/mol. The Bertz CT molecular complexity index is 85.1. The second-order valence-electron chi connectivity index (χ2n) is 2.04. The van der Waals surface area contributed by atoms with Crippen LogP contribution in [0.2, 0.25) is 0 Å². The van der Waals surface area contributed by atoms with Gasteiger partial charge in [-0.15, -0.1) is 0 Å². The third kappa shape index (κ3) is 13.7. The normalized spacial score (nSPS) is 10.6. The molecule has 0 bridgehead atoms. The van der Waals surface area contributed by atoms with Crippen molar-refractivity contribution in [3.8, 4) is 0 Å². The van der Waals surface area contributed by atoms with Crippen molar-refractivity contribution in [2.75, 3.05) is 24.7 Å². The molecule has 0 unspecified atom stereocenters. The van der Waals surface area contributed by atoms with Gasteiger partial charge in [-0.2, -0.15) is 0 Å². The van der Waals surface area contributed by atoms with Crippen molar-refractivity contribution in [1.29, 1.82) is 0 Å². The van der Waals surface area contributed by atoms with Crippen molar-refractivity contribution in [2.24, 2.45) is 0 Å². The minimum atomic E-state index is 0.296. The monoisotopic (exact) mass is 278 g/mol. The minimum Gasteiger partial charge on any atom is -0.396 e. The van der Waals surface area contributed by atoms with Crippen LogP contribution in [0.25, 0.3) is 0 Å². The van der Waals surface area contributed by atoms with Gasteiger partial charge in [0.2, 0.25) is 0 Å². The van der Waals surface area contributed by atoms with Crippen LogP contribution in [-0.2, 0) is 4.18 Å². The molecule has 0 fully saturated rings. The van der Waals surface area contributed by atoms with E-state index in [1.165, 1.54) is 0 Å². The van der Waals surface area contributed by atoms with E-state index in [9.17, 15) is 0 Å². The molecular weight excluding hydrogens is 264 g/mol. The highest BCUT2D eigenvalue weighted by molar-refractivity contribution is 9.26. The van der Waals surface area contributed by atoms with E-state index in [4.69, 9.17) is 5.11 Å². The molecular formula is C6H14O2S5. The van der Waals surface area contributed by atoms with Crippen molar-refractivity contribution < 1.29 is 9.29 Å². The zero-order valence-electron chi connectivity index (χ0n) is 7.18. The topological polar surface area (TPSA) is 29.5 Å². The second-order valence-corrected chi connectivity index (χ2v) is 8.54. The Hall–Kier alpha value is 1.67. The quantitative estimate of drug-likeness (QED) is 0.276. The summed E-state index contributed by atoms with van der Waals surface area (Å²) in [5.41, 5.74) is 0. The summed E-state index contributed by atoms with van der Waals surface area (Å²) in [7, 11) is 7.19. The van der Waals surface area contributed by atoms with Crippen LogP contribution in [-0.4, -0.2) is 29.8 Å². The summed E-state index contributed by atoms with van der Waals surface area (Å²) in [6.07, 6.45) is 1.93. The molecule has 0 aliphatic carbocycles. The summed E-state index contributed by atoms with van der Waals surface area (Å²) in [5.74, 6) is 2.12. The molecule has 0 atom stereocenters. The van der Waals surface area contributed by atoms with E-state index in [1.54, 1.807) is 30.4 Å². The zero-order valence-corrected chi connectivity index (χ0v) is 11.3. The molecule has 0 amide bonds. The molecule has 0 saturated carbocycles. The smallest absolute Gasteiger partial charge is 0.0618 e. The molecule has 0 heterocycles. The maximum Gasteiger partial charge on any atom is 0.0618 e. The highest BCUT2D eigenvalue weighted by atomic mass is 33.7. The molecule has 0 radical (unpaired) electrons. The molecule has 0 aromatic rings. The molecule has 1 N–H and O–H groups in total. The number of aliphatic hydroxyl groups excluding tert-OH is 1. The second kappa shape index (κ2) is 13.7. The Morgan fingerprint density at radius 2 is 1.69 bits per heavy atom. The van der Waals surface area contributed by atoms with Crippen molar-refractivity contribution in [3.05, 3.63) is 0 Å². The van der Waals surface area contributed by atoms with E-state index in [1.807, 2.05) is 10.8 Å². The predicted molar refractivity (Wildman–Crippen MR) is 71.4 cm³/mol. The van der Waals surface area contributed by atoms with Gasteiger partial charge >= 0.3 is 0 Å². The first-order chi connectivity index (χ1) is 6.41. The molecule has 0 aliphatic rings. The molecule has 0 saturated heterocycles. The van der Waals surface area contributed by atoms with Gasteiger partial charge in [-0.3, -0.25) is 0 Å². The van der Waals surface area contributed by atoms with Crippen LogP contribution in [0.5, 0.6) is 0 Å². The molecule has 2 nitrogen and oxygen atoms in total. The maximum atomic E-state index is 8.51. The van der Waals surface area contributed by atoms with E-state index in [2.05, 4.69) is 17.1 Å². The lowest BCUT2D eigenvalue weighted by molar-refractivity contribution is 0.296. The van der Waals surface area contributed by atoms with Gasteiger partial charge in [0.25, 0.3) is 0 Å². The first kappa shape index (κ1) is 14.7. The number of aliphatic hydroxyl groups is 1. The standard InChI is InChI=1S/C6H14O2S5/c7-3-1-5-10-12-13-11-6-2-4-8-9/h7,9H,1-6H2. The average Bonchev–Trinajstić information content (AvgIpc) is 2.16. The fourth-order valence-electron chi connectivity index (χ4n) is 0.413. The lowest BCUT2D eigenvalue weighted by Crippen LogP contribution is -1.84. The van der Waals surface area contributed by atoms with Crippen LogP contribution in [0.4, 0.5) is 0 Å². The first-order valence-corrected chi connectivity index (χ1v) is 9.38. The zero-order chi connectivity index (χ0) is 9.78. The summed E-state index contributed by atoms with van der Waals surface area (Å²) in [4.78, 5) is 0. The summed E-state index contributed by atoms with van der Waals surface area (Å²) in [6.45, 7) is 1.02. The number of thiol groups is 1. The van der Waals surface area contributed by atoms with Crippen molar-refractivity contribution in [2.45, 2.75) is 12.8 Å². The van der Waals surface area contributed by atoms with E-state index in [0.29, 0.717) is 6.61 Å². The van der Waals surface area contributed by atoms with Crippen LogP contribution >= 0.6 is 54.1 Å².